The Morgan fingerprint density at radius 3 is 2.96 bits per heavy atom. The predicted molar refractivity (Wildman–Crippen MR) is 85.1 cm³/mol. The van der Waals surface area contributed by atoms with Crippen LogP contribution >= 0.6 is 0 Å². The summed E-state index contributed by atoms with van der Waals surface area (Å²) in [5.74, 6) is -0.434. The van der Waals surface area contributed by atoms with Gasteiger partial charge in [0.1, 0.15) is 18.2 Å². The molecule has 1 aliphatic heterocycles. The third-order valence-electron chi connectivity index (χ3n) is 3.99. The van der Waals surface area contributed by atoms with Crippen molar-refractivity contribution < 1.29 is 13.9 Å². The first-order valence-corrected chi connectivity index (χ1v) is 7.43. The van der Waals surface area contributed by atoms with Gasteiger partial charge < -0.3 is 10.5 Å². The first kappa shape index (κ1) is 14.6. The lowest BCUT2D eigenvalue weighted by atomic mass is 10.1. The Bertz CT molecular complexity index is 926. The van der Waals surface area contributed by atoms with Crippen molar-refractivity contribution in [1.29, 1.82) is 0 Å². The monoisotopic (exact) mass is 327 g/mol. The zero-order chi connectivity index (χ0) is 16.7. The average Bonchev–Trinajstić information content (AvgIpc) is 3.20. The molecule has 3 heterocycles. The lowest BCUT2D eigenvalue weighted by Gasteiger charge is -2.14. The van der Waals surface area contributed by atoms with Gasteiger partial charge in [-0.25, -0.2) is 18.7 Å². The standard InChI is InChI=1S/C16H14FN5O2/c17-14-5-11(21-8-12(6-18)24-16(21)23)2-3-13(14)10-1-4-15-19-9-20-22(15)7-10/h1-5,7,9,12H,6,8,18H2. The second-order valence-corrected chi connectivity index (χ2v) is 5.50. The Labute approximate surface area is 136 Å². The van der Waals surface area contributed by atoms with Crippen molar-refractivity contribution in [1.82, 2.24) is 14.6 Å². The fraction of sp³-hybridized carbons (Fsp3) is 0.188. The molecule has 1 saturated heterocycles. The maximum absolute atomic E-state index is 14.6. The molecule has 1 unspecified atom stereocenters. The Kier molecular flexibility index (Phi) is 3.39. The quantitative estimate of drug-likeness (QED) is 0.793. The summed E-state index contributed by atoms with van der Waals surface area (Å²) in [6, 6.07) is 8.17. The van der Waals surface area contributed by atoms with Gasteiger partial charge in [0.2, 0.25) is 0 Å². The second kappa shape index (κ2) is 5.57. The minimum absolute atomic E-state index is 0.237. The molecule has 1 aliphatic rings. The molecule has 122 valence electrons. The van der Waals surface area contributed by atoms with Crippen molar-refractivity contribution >= 4 is 17.4 Å². The molecule has 0 aliphatic carbocycles. The molecule has 4 rings (SSSR count). The van der Waals surface area contributed by atoms with Gasteiger partial charge in [-0.15, -0.1) is 0 Å². The zero-order valence-electron chi connectivity index (χ0n) is 12.6. The van der Waals surface area contributed by atoms with Crippen LogP contribution in [0.5, 0.6) is 0 Å². The number of fused-ring (bicyclic) bond motifs is 1. The maximum atomic E-state index is 14.6. The minimum Gasteiger partial charge on any atom is -0.443 e. The molecule has 0 bridgehead atoms. The number of cyclic esters (lactones) is 1. The van der Waals surface area contributed by atoms with Crippen molar-refractivity contribution in [2.75, 3.05) is 18.0 Å². The van der Waals surface area contributed by atoms with Gasteiger partial charge in [-0.3, -0.25) is 4.90 Å². The summed E-state index contributed by atoms with van der Waals surface area (Å²) in [6.07, 6.45) is 2.26. The molecular weight excluding hydrogens is 313 g/mol. The number of amides is 1. The van der Waals surface area contributed by atoms with Crippen LogP contribution in [0.15, 0.2) is 42.9 Å². The summed E-state index contributed by atoms with van der Waals surface area (Å²) in [7, 11) is 0. The highest BCUT2D eigenvalue weighted by molar-refractivity contribution is 5.90. The van der Waals surface area contributed by atoms with E-state index in [-0.39, 0.29) is 12.6 Å². The van der Waals surface area contributed by atoms with E-state index in [1.807, 2.05) is 0 Å². The van der Waals surface area contributed by atoms with Gasteiger partial charge in [-0.05, 0) is 30.3 Å². The highest BCUT2D eigenvalue weighted by atomic mass is 19.1. The molecule has 1 fully saturated rings. The Morgan fingerprint density at radius 1 is 1.33 bits per heavy atom. The van der Waals surface area contributed by atoms with Crippen molar-refractivity contribution in [2.24, 2.45) is 5.73 Å². The van der Waals surface area contributed by atoms with E-state index in [9.17, 15) is 9.18 Å². The van der Waals surface area contributed by atoms with Crippen molar-refractivity contribution in [3.05, 3.63) is 48.7 Å². The SMILES string of the molecule is NCC1CN(c2ccc(-c3ccc4ncnn4c3)c(F)c2)C(=O)O1. The van der Waals surface area contributed by atoms with E-state index in [4.69, 9.17) is 10.5 Å². The Hall–Kier alpha value is -3.00. The number of benzene rings is 1. The zero-order valence-corrected chi connectivity index (χ0v) is 12.6. The van der Waals surface area contributed by atoms with E-state index < -0.39 is 11.9 Å². The first-order valence-electron chi connectivity index (χ1n) is 7.43. The van der Waals surface area contributed by atoms with Crippen LogP contribution in [-0.4, -0.2) is 39.9 Å². The molecule has 1 amide bonds. The number of aromatic nitrogens is 3. The van der Waals surface area contributed by atoms with E-state index in [1.165, 1.54) is 17.3 Å². The fourth-order valence-corrected chi connectivity index (χ4v) is 2.74. The second-order valence-electron chi connectivity index (χ2n) is 5.50. The van der Waals surface area contributed by atoms with Gasteiger partial charge in [0.15, 0.2) is 5.65 Å². The molecule has 3 aromatic rings. The molecule has 0 radical (unpaired) electrons. The summed E-state index contributed by atoms with van der Waals surface area (Å²) < 4.78 is 21.2. The van der Waals surface area contributed by atoms with Crippen LogP contribution in [0.3, 0.4) is 0 Å². The third kappa shape index (κ3) is 2.37. The number of carbonyl (C=O) groups is 1. The lowest BCUT2D eigenvalue weighted by molar-refractivity contribution is 0.145. The van der Waals surface area contributed by atoms with Crippen molar-refractivity contribution in [3.63, 3.8) is 0 Å². The number of ether oxygens (including phenoxy) is 1. The molecule has 1 aromatic carbocycles. The highest BCUT2D eigenvalue weighted by Gasteiger charge is 2.31. The molecule has 8 heteroatoms. The number of hydrogen-bond donors (Lipinski definition) is 1. The van der Waals surface area contributed by atoms with Crippen LogP contribution in [-0.2, 0) is 4.74 Å². The molecule has 1 atom stereocenters. The number of halogens is 1. The molecule has 24 heavy (non-hydrogen) atoms. The summed E-state index contributed by atoms with van der Waals surface area (Å²) in [5.41, 5.74) is 7.72. The van der Waals surface area contributed by atoms with E-state index in [0.29, 0.717) is 29.0 Å². The molecule has 2 aromatic heterocycles. The number of rotatable bonds is 3. The molecular formula is C16H14FN5O2. The number of carbonyl (C=O) groups excluding carboxylic acids is 1. The number of pyridine rings is 1. The van der Waals surface area contributed by atoms with E-state index in [2.05, 4.69) is 10.1 Å². The van der Waals surface area contributed by atoms with Gasteiger partial charge in [0.05, 0.1) is 12.2 Å². The van der Waals surface area contributed by atoms with Crippen LogP contribution in [0.4, 0.5) is 14.9 Å². The van der Waals surface area contributed by atoms with Crippen molar-refractivity contribution in [3.8, 4) is 11.1 Å². The van der Waals surface area contributed by atoms with Gasteiger partial charge in [-0.2, -0.15) is 5.10 Å². The van der Waals surface area contributed by atoms with Gasteiger partial charge in [0, 0.05) is 23.9 Å². The summed E-state index contributed by atoms with van der Waals surface area (Å²) in [5, 5.41) is 4.04. The van der Waals surface area contributed by atoms with Crippen molar-refractivity contribution in [2.45, 2.75) is 6.10 Å². The lowest BCUT2D eigenvalue weighted by Crippen LogP contribution is -2.27. The third-order valence-corrected chi connectivity index (χ3v) is 3.99. The highest BCUT2D eigenvalue weighted by Crippen LogP contribution is 2.29. The van der Waals surface area contributed by atoms with Crippen LogP contribution < -0.4 is 10.6 Å². The first-order chi connectivity index (χ1) is 11.7. The number of nitrogens with two attached hydrogens (primary N) is 1. The van der Waals surface area contributed by atoms with Gasteiger partial charge in [-0.1, -0.05) is 0 Å². The smallest absolute Gasteiger partial charge is 0.414 e. The van der Waals surface area contributed by atoms with Gasteiger partial charge >= 0.3 is 6.09 Å². The van der Waals surface area contributed by atoms with Crippen LogP contribution in [0.1, 0.15) is 0 Å². The predicted octanol–water partition coefficient (Wildman–Crippen LogP) is 1.82. The number of hydrogen-bond acceptors (Lipinski definition) is 5. The van der Waals surface area contributed by atoms with Gasteiger partial charge in [0.25, 0.3) is 0 Å². The topological polar surface area (TPSA) is 85.8 Å². The van der Waals surface area contributed by atoms with Crippen LogP contribution in [0.2, 0.25) is 0 Å². The maximum Gasteiger partial charge on any atom is 0.414 e. The van der Waals surface area contributed by atoms with Crippen LogP contribution in [0, 0.1) is 5.82 Å². The summed E-state index contributed by atoms with van der Waals surface area (Å²) >= 11 is 0. The molecule has 0 spiro atoms. The van der Waals surface area contributed by atoms with E-state index in [1.54, 1.807) is 35.0 Å². The van der Waals surface area contributed by atoms with E-state index >= 15 is 0 Å². The van der Waals surface area contributed by atoms with Crippen LogP contribution in [0.25, 0.3) is 16.8 Å². The molecule has 0 saturated carbocycles. The molecule has 2 N–H and O–H groups in total. The largest absolute Gasteiger partial charge is 0.443 e. The average molecular weight is 327 g/mol. The Morgan fingerprint density at radius 2 is 2.21 bits per heavy atom. The Balaban J connectivity index is 1.68. The van der Waals surface area contributed by atoms with E-state index in [0.717, 1.165) is 0 Å². The number of anilines is 1. The summed E-state index contributed by atoms with van der Waals surface area (Å²) in [6.45, 7) is 0.555. The minimum atomic E-state index is -0.512. The fourth-order valence-electron chi connectivity index (χ4n) is 2.74. The number of nitrogens with zero attached hydrogens (tertiary/aromatic N) is 4. The normalized spacial score (nSPS) is 17.5. The molecule has 7 nitrogen and oxygen atoms in total. The summed E-state index contributed by atoms with van der Waals surface area (Å²) in [4.78, 5) is 17.3.